The van der Waals surface area contributed by atoms with Crippen LogP contribution >= 0.6 is 0 Å². The number of halogens is 1. The van der Waals surface area contributed by atoms with Crippen molar-refractivity contribution in [3.63, 3.8) is 0 Å². The molecule has 1 aromatic heterocycles. The van der Waals surface area contributed by atoms with Crippen molar-refractivity contribution in [3.8, 4) is 23.0 Å². The first-order valence-corrected chi connectivity index (χ1v) is 7.48. The molecule has 25 heavy (non-hydrogen) atoms. The van der Waals surface area contributed by atoms with Crippen LogP contribution in [-0.2, 0) is 6.61 Å². The van der Waals surface area contributed by atoms with E-state index < -0.39 is 6.09 Å². The molecule has 1 heterocycles. The van der Waals surface area contributed by atoms with Gasteiger partial charge in [0.15, 0.2) is 0 Å². The van der Waals surface area contributed by atoms with Crippen molar-refractivity contribution in [1.82, 2.24) is 10.5 Å². The molecule has 128 valence electrons. The number of aromatic nitrogens is 1. The van der Waals surface area contributed by atoms with Crippen molar-refractivity contribution in [1.29, 1.82) is 0 Å². The van der Waals surface area contributed by atoms with Crippen molar-refractivity contribution in [2.75, 3.05) is 7.05 Å². The quantitative estimate of drug-likeness (QED) is 0.764. The molecule has 0 radical (unpaired) electrons. The molecule has 0 saturated heterocycles. The number of carbonyl (C=O) groups is 1. The predicted octanol–water partition coefficient (Wildman–Crippen LogP) is 3.78. The van der Waals surface area contributed by atoms with Crippen LogP contribution in [0.15, 0.2) is 59.1 Å². The number of hydrogen-bond donors (Lipinski definition) is 1. The zero-order valence-electron chi connectivity index (χ0n) is 13.4. The third-order valence-electron chi connectivity index (χ3n) is 3.33. The number of hydrogen-bond acceptors (Lipinski definition) is 5. The summed E-state index contributed by atoms with van der Waals surface area (Å²) >= 11 is 0. The molecule has 2 aromatic carbocycles. The molecular formula is C18H15FN2O4. The highest BCUT2D eigenvalue weighted by atomic mass is 19.1. The summed E-state index contributed by atoms with van der Waals surface area (Å²) in [7, 11) is 1.45. The lowest BCUT2D eigenvalue weighted by molar-refractivity contribution is 0.183. The summed E-state index contributed by atoms with van der Waals surface area (Å²) < 4.78 is 28.5. The van der Waals surface area contributed by atoms with E-state index in [4.69, 9.17) is 14.0 Å². The van der Waals surface area contributed by atoms with Crippen LogP contribution in [0.5, 0.6) is 11.7 Å². The Bertz CT molecular complexity index is 862. The lowest BCUT2D eigenvalue weighted by atomic mass is 10.1. The SMILES string of the molecule is CNC(=O)Oc1cc(-c2ccc(OCc3cccc(F)c3)cc2)no1. The molecule has 1 amide bonds. The van der Waals surface area contributed by atoms with E-state index in [1.54, 1.807) is 36.4 Å². The normalized spacial score (nSPS) is 10.3. The van der Waals surface area contributed by atoms with E-state index in [-0.39, 0.29) is 18.4 Å². The third kappa shape index (κ3) is 4.35. The van der Waals surface area contributed by atoms with Crippen molar-refractivity contribution in [3.05, 3.63) is 66.0 Å². The van der Waals surface area contributed by atoms with E-state index in [1.807, 2.05) is 0 Å². The van der Waals surface area contributed by atoms with Crippen molar-refractivity contribution in [2.45, 2.75) is 6.61 Å². The average Bonchev–Trinajstić information content (AvgIpc) is 3.09. The van der Waals surface area contributed by atoms with Gasteiger partial charge in [-0.15, -0.1) is 0 Å². The molecule has 7 heteroatoms. The number of carbonyl (C=O) groups excluding carboxylic acids is 1. The maximum absolute atomic E-state index is 13.1. The van der Waals surface area contributed by atoms with Gasteiger partial charge in [-0.2, -0.15) is 0 Å². The van der Waals surface area contributed by atoms with E-state index in [0.717, 1.165) is 11.1 Å². The minimum absolute atomic E-state index is 0.000723. The van der Waals surface area contributed by atoms with Crippen molar-refractivity contribution < 1.29 is 23.2 Å². The Morgan fingerprint density at radius 1 is 1.20 bits per heavy atom. The minimum atomic E-state index is -0.635. The highest BCUT2D eigenvalue weighted by Gasteiger charge is 2.10. The fourth-order valence-electron chi connectivity index (χ4n) is 2.10. The van der Waals surface area contributed by atoms with Crippen LogP contribution in [0.25, 0.3) is 11.3 Å². The van der Waals surface area contributed by atoms with Gasteiger partial charge in [-0.25, -0.2) is 9.18 Å². The molecule has 0 fully saturated rings. The fourth-order valence-corrected chi connectivity index (χ4v) is 2.10. The van der Waals surface area contributed by atoms with Crippen LogP contribution in [0.2, 0.25) is 0 Å². The van der Waals surface area contributed by atoms with E-state index in [9.17, 15) is 9.18 Å². The molecule has 0 bridgehead atoms. The molecule has 0 aliphatic heterocycles. The first-order valence-electron chi connectivity index (χ1n) is 7.48. The van der Waals surface area contributed by atoms with Gasteiger partial charge in [-0.3, -0.25) is 0 Å². The van der Waals surface area contributed by atoms with Crippen LogP contribution in [0, 0.1) is 5.82 Å². The van der Waals surface area contributed by atoms with Crippen molar-refractivity contribution in [2.24, 2.45) is 0 Å². The number of ether oxygens (including phenoxy) is 2. The van der Waals surface area contributed by atoms with Gasteiger partial charge in [0, 0.05) is 12.6 Å². The summed E-state index contributed by atoms with van der Waals surface area (Å²) in [5.41, 5.74) is 2.04. The van der Waals surface area contributed by atoms with Gasteiger partial charge >= 0.3 is 12.0 Å². The highest BCUT2D eigenvalue weighted by Crippen LogP contribution is 2.25. The standard InChI is InChI=1S/C18H15FN2O4/c1-20-18(22)24-17-10-16(21-25-17)13-5-7-15(8-6-13)23-11-12-3-2-4-14(19)9-12/h2-10H,11H2,1H3,(H,20,22). The molecule has 3 aromatic rings. The Balaban J connectivity index is 1.63. The second-order valence-electron chi connectivity index (χ2n) is 5.11. The fraction of sp³-hybridized carbons (Fsp3) is 0.111. The van der Waals surface area contributed by atoms with Crippen LogP contribution in [-0.4, -0.2) is 18.3 Å². The van der Waals surface area contributed by atoms with Gasteiger partial charge in [-0.05, 0) is 42.0 Å². The Morgan fingerprint density at radius 3 is 2.72 bits per heavy atom. The molecule has 3 rings (SSSR count). The number of nitrogens with one attached hydrogen (secondary N) is 1. The van der Waals surface area contributed by atoms with E-state index >= 15 is 0 Å². The van der Waals surface area contributed by atoms with Gasteiger partial charge in [0.1, 0.15) is 23.9 Å². The Labute approximate surface area is 143 Å². The predicted molar refractivity (Wildman–Crippen MR) is 87.8 cm³/mol. The summed E-state index contributed by atoms with van der Waals surface area (Å²) in [5, 5.41) is 6.16. The summed E-state index contributed by atoms with van der Waals surface area (Å²) in [6, 6.07) is 14.9. The summed E-state index contributed by atoms with van der Waals surface area (Å²) in [4.78, 5) is 11.1. The molecule has 0 aliphatic rings. The lowest BCUT2D eigenvalue weighted by Crippen LogP contribution is -2.21. The van der Waals surface area contributed by atoms with E-state index in [0.29, 0.717) is 11.4 Å². The largest absolute Gasteiger partial charge is 0.489 e. The third-order valence-corrected chi connectivity index (χ3v) is 3.33. The van der Waals surface area contributed by atoms with Gasteiger partial charge in [0.2, 0.25) is 0 Å². The molecule has 0 atom stereocenters. The molecule has 0 spiro atoms. The molecule has 0 aliphatic carbocycles. The molecule has 6 nitrogen and oxygen atoms in total. The van der Waals surface area contributed by atoms with E-state index in [2.05, 4.69) is 10.5 Å². The smallest absolute Gasteiger partial charge is 0.414 e. The second-order valence-corrected chi connectivity index (χ2v) is 5.11. The number of amides is 1. The Kier molecular flexibility index (Phi) is 4.94. The molecule has 1 N–H and O–H groups in total. The summed E-state index contributed by atoms with van der Waals surface area (Å²) in [6.07, 6.45) is -0.635. The average molecular weight is 342 g/mol. The van der Waals surface area contributed by atoms with Gasteiger partial charge in [0.05, 0.1) is 6.07 Å². The minimum Gasteiger partial charge on any atom is -0.489 e. The van der Waals surface area contributed by atoms with Gasteiger partial charge in [-0.1, -0.05) is 17.3 Å². The van der Waals surface area contributed by atoms with Crippen molar-refractivity contribution >= 4 is 6.09 Å². The topological polar surface area (TPSA) is 73.6 Å². The first kappa shape index (κ1) is 16.5. The van der Waals surface area contributed by atoms with Gasteiger partial charge in [0.25, 0.3) is 0 Å². The highest BCUT2D eigenvalue weighted by molar-refractivity contribution is 5.70. The summed E-state index contributed by atoms with van der Waals surface area (Å²) in [6.45, 7) is 0.269. The summed E-state index contributed by atoms with van der Waals surface area (Å²) in [5.74, 6) is 0.344. The maximum atomic E-state index is 13.1. The van der Waals surface area contributed by atoms with Crippen LogP contribution in [0.3, 0.4) is 0 Å². The number of nitrogens with zero attached hydrogens (tertiary/aromatic N) is 1. The molecule has 0 saturated carbocycles. The molecular weight excluding hydrogens is 327 g/mol. The van der Waals surface area contributed by atoms with Crippen LogP contribution < -0.4 is 14.8 Å². The zero-order valence-corrected chi connectivity index (χ0v) is 13.4. The second kappa shape index (κ2) is 7.48. The molecule has 0 unspecified atom stereocenters. The Morgan fingerprint density at radius 2 is 2.00 bits per heavy atom. The van der Waals surface area contributed by atoms with Crippen LogP contribution in [0.4, 0.5) is 9.18 Å². The lowest BCUT2D eigenvalue weighted by Gasteiger charge is -2.06. The number of rotatable bonds is 5. The van der Waals surface area contributed by atoms with Crippen LogP contribution in [0.1, 0.15) is 5.56 Å². The Hall–Kier alpha value is -3.35. The zero-order chi connectivity index (χ0) is 17.6. The number of benzene rings is 2. The van der Waals surface area contributed by atoms with Gasteiger partial charge < -0.3 is 19.3 Å². The maximum Gasteiger partial charge on any atom is 0.414 e. The first-order chi connectivity index (χ1) is 12.1. The monoisotopic (exact) mass is 342 g/mol. The van der Waals surface area contributed by atoms with E-state index in [1.165, 1.54) is 25.2 Å².